The molecule has 0 bridgehead atoms. The highest BCUT2D eigenvalue weighted by Crippen LogP contribution is 2.14. The van der Waals surface area contributed by atoms with Crippen molar-refractivity contribution in [2.45, 2.75) is 59.2 Å². The lowest BCUT2D eigenvalue weighted by molar-refractivity contribution is 0.596. The molecule has 2 N–H and O–H groups in total. The van der Waals surface area contributed by atoms with E-state index in [1.54, 1.807) is 0 Å². The van der Waals surface area contributed by atoms with Crippen molar-refractivity contribution in [2.24, 2.45) is 4.99 Å². The van der Waals surface area contributed by atoms with Crippen LogP contribution in [0.2, 0.25) is 0 Å². The number of guanidine groups is 1. The zero-order valence-corrected chi connectivity index (χ0v) is 15.3. The first kappa shape index (κ1) is 17.5. The number of nitrogens with one attached hydrogen (secondary N) is 2. The molecular weight excluding hydrogens is 312 g/mol. The number of aromatic nitrogens is 3. The fourth-order valence-corrected chi connectivity index (χ4v) is 3.13. The molecule has 1 aliphatic rings. The number of hydrogen-bond acceptors (Lipinski definition) is 3. The summed E-state index contributed by atoms with van der Waals surface area (Å²) in [6, 6.07) is 8.37. The van der Waals surface area contributed by atoms with Crippen LogP contribution < -0.4 is 10.6 Å². The molecule has 0 saturated heterocycles. The Labute approximate surface area is 149 Å². The van der Waals surface area contributed by atoms with Crippen molar-refractivity contribution in [3.63, 3.8) is 0 Å². The van der Waals surface area contributed by atoms with Crippen LogP contribution in [0.1, 0.15) is 49.0 Å². The van der Waals surface area contributed by atoms with E-state index in [1.807, 2.05) is 0 Å². The van der Waals surface area contributed by atoms with Gasteiger partial charge >= 0.3 is 0 Å². The standard InChI is InChI=1S/C19H28N6/c1-3-20-19(21-13-16-10-7-6-9-15(16)2)22-14-18-24-23-17-11-5-4-8-12-25(17)18/h6-7,9-10H,3-5,8,11-14H2,1-2H3,(H2,20,21,22). The predicted molar refractivity (Wildman–Crippen MR) is 100 cm³/mol. The molecule has 25 heavy (non-hydrogen) atoms. The number of nitrogens with zero attached hydrogens (tertiary/aromatic N) is 4. The van der Waals surface area contributed by atoms with Gasteiger partial charge in [-0.15, -0.1) is 10.2 Å². The van der Waals surface area contributed by atoms with Gasteiger partial charge in [0.1, 0.15) is 5.82 Å². The molecule has 0 aliphatic carbocycles. The highest BCUT2D eigenvalue weighted by molar-refractivity contribution is 5.79. The molecule has 6 nitrogen and oxygen atoms in total. The summed E-state index contributed by atoms with van der Waals surface area (Å²) in [5.41, 5.74) is 2.51. The highest BCUT2D eigenvalue weighted by Gasteiger charge is 2.14. The maximum Gasteiger partial charge on any atom is 0.191 e. The molecule has 1 aromatic heterocycles. The predicted octanol–water partition coefficient (Wildman–Crippen LogP) is 2.57. The Bertz CT molecular complexity index is 718. The molecule has 2 heterocycles. The third-order valence-electron chi connectivity index (χ3n) is 4.61. The van der Waals surface area contributed by atoms with E-state index in [0.29, 0.717) is 13.1 Å². The van der Waals surface area contributed by atoms with Crippen molar-refractivity contribution in [2.75, 3.05) is 6.54 Å². The van der Waals surface area contributed by atoms with Gasteiger partial charge in [-0.3, -0.25) is 0 Å². The molecule has 3 rings (SSSR count). The number of aliphatic imine (C=N–C) groups is 1. The summed E-state index contributed by atoms with van der Waals surface area (Å²) in [5, 5.41) is 15.4. The first-order valence-electron chi connectivity index (χ1n) is 9.25. The van der Waals surface area contributed by atoms with Crippen molar-refractivity contribution < 1.29 is 0 Å². The lowest BCUT2D eigenvalue weighted by Crippen LogP contribution is -2.37. The minimum Gasteiger partial charge on any atom is -0.357 e. The number of rotatable bonds is 5. The van der Waals surface area contributed by atoms with Crippen LogP contribution in [0.4, 0.5) is 0 Å². The average Bonchev–Trinajstić information content (AvgIpc) is 2.85. The summed E-state index contributed by atoms with van der Waals surface area (Å²) in [7, 11) is 0. The Morgan fingerprint density at radius 1 is 1.16 bits per heavy atom. The molecule has 0 amide bonds. The zero-order chi connectivity index (χ0) is 17.5. The summed E-state index contributed by atoms with van der Waals surface area (Å²) in [6.07, 6.45) is 4.73. The first-order chi connectivity index (χ1) is 12.3. The molecule has 0 radical (unpaired) electrons. The molecule has 0 saturated carbocycles. The summed E-state index contributed by atoms with van der Waals surface area (Å²) in [6.45, 7) is 7.37. The summed E-state index contributed by atoms with van der Waals surface area (Å²) in [5.74, 6) is 2.94. The minimum atomic E-state index is 0.645. The summed E-state index contributed by atoms with van der Waals surface area (Å²) < 4.78 is 2.27. The third-order valence-corrected chi connectivity index (χ3v) is 4.61. The van der Waals surface area contributed by atoms with Gasteiger partial charge in [-0.25, -0.2) is 4.99 Å². The van der Waals surface area contributed by atoms with Gasteiger partial charge in [-0.05, 0) is 37.8 Å². The molecule has 2 aromatic rings. The van der Waals surface area contributed by atoms with Gasteiger partial charge in [0, 0.05) is 19.5 Å². The van der Waals surface area contributed by atoms with E-state index in [-0.39, 0.29) is 0 Å². The number of fused-ring (bicyclic) bond motifs is 1. The normalized spacial score (nSPS) is 14.7. The Hall–Kier alpha value is -2.37. The second-order valence-corrected chi connectivity index (χ2v) is 6.47. The average molecular weight is 340 g/mol. The minimum absolute atomic E-state index is 0.645. The van der Waals surface area contributed by atoms with E-state index in [4.69, 9.17) is 4.99 Å². The Morgan fingerprint density at radius 2 is 2.04 bits per heavy atom. The molecule has 134 valence electrons. The van der Waals surface area contributed by atoms with Crippen LogP contribution >= 0.6 is 0 Å². The maximum absolute atomic E-state index is 4.71. The molecule has 0 atom stereocenters. The van der Waals surface area contributed by atoms with E-state index >= 15 is 0 Å². The molecule has 1 aliphatic heterocycles. The van der Waals surface area contributed by atoms with E-state index in [9.17, 15) is 0 Å². The van der Waals surface area contributed by atoms with Gasteiger partial charge in [-0.2, -0.15) is 0 Å². The van der Waals surface area contributed by atoms with Gasteiger partial charge in [-0.1, -0.05) is 30.7 Å². The van der Waals surface area contributed by atoms with Crippen LogP contribution in [-0.2, 0) is 26.1 Å². The lowest BCUT2D eigenvalue weighted by atomic mass is 10.1. The van der Waals surface area contributed by atoms with Gasteiger partial charge in [0.05, 0.1) is 13.1 Å². The fraction of sp³-hybridized carbons (Fsp3) is 0.526. The Morgan fingerprint density at radius 3 is 2.88 bits per heavy atom. The van der Waals surface area contributed by atoms with Gasteiger partial charge in [0.15, 0.2) is 11.8 Å². The van der Waals surface area contributed by atoms with Crippen molar-refractivity contribution in [1.29, 1.82) is 0 Å². The molecule has 0 spiro atoms. The van der Waals surface area contributed by atoms with Crippen LogP contribution in [0.15, 0.2) is 29.3 Å². The third kappa shape index (κ3) is 4.59. The van der Waals surface area contributed by atoms with Gasteiger partial charge in [0.25, 0.3) is 0 Å². The van der Waals surface area contributed by atoms with E-state index in [2.05, 4.69) is 63.5 Å². The van der Waals surface area contributed by atoms with Crippen molar-refractivity contribution in [3.8, 4) is 0 Å². The first-order valence-corrected chi connectivity index (χ1v) is 9.25. The SMILES string of the molecule is CCNC(=NCc1ccccc1C)NCc1nnc2n1CCCCC2. The Balaban J connectivity index is 1.65. The second-order valence-electron chi connectivity index (χ2n) is 6.47. The molecular formula is C19H28N6. The van der Waals surface area contributed by atoms with E-state index in [0.717, 1.165) is 37.1 Å². The van der Waals surface area contributed by atoms with Crippen molar-refractivity contribution >= 4 is 5.96 Å². The van der Waals surface area contributed by atoms with E-state index < -0.39 is 0 Å². The molecule has 1 aromatic carbocycles. The summed E-state index contributed by atoms with van der Waals surface area (Å²) in [4.78, 5) is 4.71. The zero-order valence-electron chi connectivity index (χ0n) is 15.3. The van der Waals surface area contributed by atoms with Crippen LogP contribution in [0, 0.1) is 6.92 Å². The second kappa shape index (κ2) is 8.65. The molecule has 6 heteroatoms. The number of aryl methyl sites for hydroxylation is 2. The largest absolute Gasteiger partial charge is 0.357 e. The van der Waals surface area contributed by atoms with Crippen molar-refractivity contribution in [1.82, 2.24) is 25.4 Å². The number of hydrogen-bond donors (Lipinski definition) is 2. The van der Waals surface area contributed by atoms with Gasteiger partial charge in [0.2, 0.25) is 0 Å². The monoisotopic (exact) mass is 340 g/mol. The van der Waals surface area contributed by atoms with Crippen LogP contribution in [0.3, 0.4) is 0 Å². The van der Waals surface area contributed by atoms with Crippen LogP contribution in [0.25, 0.3) is 0 Å². The van der Waals surface area contributed by atoms with Crippen molar-refractivity contribution in [3.05, 3.63) is 47.0 Å². The topological polar surface area (TPSA) is 67.1 Å². The van der Waals surface area contributed by atoms with Crippen LogP contribution in [-0.4, -0.2) is 27.3 Å². The molecule has 0 fully saturated rings. The maximum atomic E-state index is 4.71. The Kier molecular flexibility index (Phi) is 6.04. The molecule has 0 unspecified atom stereocenters. The smallest absolute Gasteiger partial charge is 0.191 e. The van der Waals surface area contributed by atoms with E-state index in [1.165, 1.54) is 30.4 Å². The quantitative estimate of drug-likeness (QED) is 0.648. The van der Waals surface area contributed by atoms with Crippen LogP contribution in [0.5, 0.6) is 0 Å². The lowest BCUT2D eigenvalue weighted by Gasteiger charge is -2.12. The number of benzene rings is 1. The summed E-state index contributed by atoms with van der Waals surface area (Å²) >= 11 is 0. The fourth-order valence-electron chi connectivity index (χ4n) is 3.13. The highest BCUT2D eigenvalue weighted by atomic mass is 15.3. The van der Waals surface area contributed by atoms with Gasteiger partial charge < -0.3 is 15.2 Å².